The average molecular weight is 302 g/mol. The monoisotopic (exact) mass is 301 g/mol. The van der Waals surface area contributed by atoms with E-state index in [9.17, 15) is 0 Å². The van der Waals surface area contributed by atoms with Crippen LogP contribution in [0.4, 0.5) is 0 Å². The zero-order valence-electron chi connectivity index (χ0n) is 11.8. The van der Waals surface area contributed by atoms with Crippen molar-refractivity contribution in [1.82, 2.24) is 25.1 Å². The molecule has 5 nitrogen and oxygen atoms in total. The molecule has 21 heavy (non-hydrogen) atoms. The van der Waals surface area contributed by atoms with Crippen LogP contribution in [0.15, 0.2) is 36.8 Å². The molecule has 3 rings (SSSR count). The molecule has 0 aliphatic heterocycles. The van der Waals surface area contributed by atoms with Crippen molar-refractivity contribution in [2.24, 2.45) is 7.05 Å². The van der Waals surface area contributed by atoms with E-state index in [-0.39, 0.29) is 0 Å². The second-order valence-electron chi connectivity index (χ2n) is 4.89. The molecular formula is C15H16ClN5. The van der Waals surface area contributed by atoms with E-state index < -0.39 is 0 Å². The van der Waals surface area contributed by atoms with Crippen molar-refractivity contribution in [2.75, 3.05) is 6.54 Å². The predicted molar refractivity (Wildman–Crippen MR) is 83.2 cm³/mol. The van der Waals surface area contributed by atoms with Crippen LogP contribution in [0, 0.1) is 0 Å². The maximum atomic E-state index is 6.20. The molecule has 0 bridgehead atoms. The lowest BCUT2D eigenvalue weighted by Crippen LogP contribution is -2.18. The highest BCUT2D eigenvalue weighted by molar-refractivity contribution is 6.35. The lowest BCUT2D eigenvalue weighted by Gasteiger charge is -2.08. The van der Waals surface area contributed by atoms with E-state index >= 15 is 0 Å². The van der Waals surface area contributed by atoms with Crippen molar-refractivity contribution in [3.8, 4) is 0 Å². The number of nitrogens with zero attached hydrogens (tertiary/aromatic N) is 4. The molecule has 2 aromatic heterocycles. The fourth-order valence-corrected chi connectivity index (χ4v) is 2.51. The van der Waals surface area contributed by atoms with E-state index in [0.717, 1.165) is 46.8 Å². The zero-order chi connectivity index (χ0) is 14.7. The van der Waals surface area contributed by atoms with Gasteiger partial charge in [-0.2, -0.15) is 0 Å². The highest BCUT2D eigenvalue weighted by atomic mass is 35.5. The normalized spacial score (nSPS) is 11.1. The van der Waals surface area contributed by atoms with Gasteiger partial charge in [-0.25, -0.2) is 0 Å². The number of rotatable bonds is 5. The highest BCUT2D eigenvalue weighted by Crippen LogP contribution is 2.24. The van der Waals surface area contributed by atoms with E-state index in [4.69, 9.17) is 11.6 Å². The van der Waals surface area contributed by atoms with Crippen molar-refractivity contribution in [1.29, 1.82) is 0 Å². The molecule has 0 spiro atoms. The third-order valence-corrected chi connectivity index (χ3v) is 3.78. The number of hydrogen-bond donors (Lipinski definition) is 1. The Kier molecular flexibility index (Phi) is 4.13. The van der Waals surface area contributed by atoms with E-state index in [1.165, 1.54) is 0 Å². The average Bonchev–Trinajstić information content (AvgIpc) is 2.91. The van der Waals surface area contributed by atoms with Gasteiger partial charge in [-0.3, -0.25) is 4.98 Å². The molecule has 108 valence electrons. The molecule has 0 fully saturated rings. The zero-order valence-corrected chi connectivity index (χ0v) is 12.5. The van der Waals surface area contributed by atoms with Crippen LogP contribution in [0.1, 0.15) is 11.4 Å². The molecule has 0 saturated heterocycles. The SMILES string of the molecule is Cn1cnnc1CCNCc1ccc(Cl)c2cccnc12. The molecule has 0 saturated carbocycles. The standard InChI is InChI=1S/C15H16ClN5/c1-21-10-19-20-14(21)6-8-17-9-11-4-5-13(16)12-3-2-7-18-15(11)12/h2-5,7,10,17H,6,8-9H2,1H3. The largest absolute Gasteiger partial charge is 0.321 e. The molecule has 3 aromatic rings. The molecule has 0 atom stereocenters. The van der Waals surface area contributed by atoms with Gasteiger partial charge in [0.15, 0.2) is 0 Å². The first-order valence-electron chi connectivity index (χ1n) is 6.81. The van der Waals surface area contributed by atoms with Gasteiger partial charge in [0, 0.05) is 43.2 Å². The molecule has 0 amide bonds. The van der Waals surface area contributed by atoms with Crippen LogP contribution in [0.3, 0.4) is 0 Å². The van der Waals surface area contributed by atoms with Gasteiger partial charge < -0.3 is 9.88 Å². The molecule has 0 aliphatic carbocycles. The van der Waals surface area contributed by atoms with E-state index in [2.05, 4.69) is 20.5 Å². The van der Waals surface area contributed by atoms with Crippen LogP contribution in [0.5, 0.6) is 0 Å². The van der Waals surface area contributed by atoms with Crippen molar-refractivity contribution >= 4 is 22.5 Å². The minimum absolute atomic E-state index is 0.737. The van der Waals surface area contributed by atoms with Gasteiger partial charge in [0.25, 0.3) is 0 Å². The Morgan fingerprint density at radius 1 is 1.29 bits per heavy atom. The Labute approximate surface area is 128 Å². The number of pyridine rings is 1. The molecule has 0 radical (unpaired) electrons. The second kappa shape index (κ2) is 6.20. The number of aryl methyl sites for hydroxylation is 1. The molecule has 1 aromatic carbocycles. The van der Waals surface area contributed by atoms with Crippen molar-refractivity contribution in [3.63, 3.8) is 0 Å². The summed E-state index contributed by atoms with van der Waals surface area (Å²) in [7, 11) is 1.95. The Hall–Kier alpha value is -1.98. The van der Waals surface area contributed by atoms with E-state index in [0.29, 0.717) is 0 Å². The molecule has 1 N–H and O–H groups in total. The lowest BCUT2D eigenvalue weighted by atomic mass is 10.1. The lowest BCUT2D eigenvalue weighted by molar-refractivity contribution is 0.655. The first-order valence-corrected chi connectivity index (χ1v) is 7.19. The highest BCUT2D eigenvalue weighted by Gasteiger charge is 2.06. The third-order valence-electron chi connectivity index (χ3n) is 3.45. The summed E-state index contributed by atoms with van der Waals surface area (Å²) in [6.45, 7) is 1.59. The Balaban J connectivity index is 1.66. The maximum Gasteiger partial charge on any atom is 0.133 e. The molecule has 0 unspecified atom stereocenters. The fraction of sp³-hybridized carbons (Fsp3) is 0.267. The molecule has 6 heteroatoms. The van der Waals surface area contributed by atoms with Crippen molar-refractivity contribution < 1.29 is 0 Å². The van der Waals surface area contributed by atoms with Crippen LogP contribution < -0.4 is 5.32 Å². The number of halogens is 1. The van der Waals surface area contributed by atoms with E-state index in [1.807, 2.05) is 35.9 Å². The molecular weight excluding hydrogens is 286 g/mol. The van der Waals surface area contributed by atoms with Gasteiger partial charge in [-0.05, 0) is 23.8 Å². The van der Waals surface area contributed by atoms with Crippen molar-refractivity contribution in [2.45, 2.75) is 13.0 Å². The summed E-state index contributed by atoms with van der Waals surface area (Å²) in [6.07, 6.45) is 4.35. The number of nitrogens with one attached hydrogen (secondary N) is 1. The smallest absolute Gasteiger partial charge is 0.133 e. The first-order chi connectivity index (χ1) is 10.3. The number of benzene rings is 1. The van der Waals surface area contributed by atoms with E-state index in [1.54, 1.807) is 12.5 Å². The summed E-state index contributed by atoms with van der Waals surface area (Å²) in [4.78, 5) is 4.43. The van der Waals surface area contributed by atoms with Gasteiger partial charge in [0.2, 0.25) is 0 Å². The second-order valence-corrected chi connectivity index (χ2v) is 5.30. The third kappa shape index (κ3) is 3.04. The summed E-state index contributed by atoms with van der Waals surface area (Å²) in [5.41, 5.74) is 2.10. The topological polar surface area (TPSA) is 55.6 Å². The number of fused-ring (bicyclic) bond motifs is 1. The summed E-state index contributed by atoms with van der Waals surface area (Å²) in [6, 6.07) is 7.84. The van der Waals surface area contributed by atoms with Gasteiger partial charge in [0.1, 0.15) is 12.2 Å². The Morgan fingerprint density at radius 3 is 3.00 bits per heavy atom. The predicted octanol–water partition coefficient (Wildman–Crippen LogP) is 2.35. The molecule has 2 heterocycles. The number of hydrogen-bond acceptors (Lipinski definition) is 4. The van der Waals surface area contributed by atoms with Crippen LogP contribution in [0.25, 0.3) is 10.9 Å². The van der Waals surface area contributed by atoms with Gasteiger partial charge in [0.05, 0.1) is 5.52 Å². The minimum Gasteiger partial charge on any atom is -0.321 e. The first kappa shape index (κ1) is 14.0. The maximum absolute atomic E-state index is 6.20. The summed E-state index contributed by atoms with van der Waals surface area (Å²) < 4.78 is 1.93. The quantitative estimate of drug-likeness (QED) is 0.735. The minimum atomic E-state index is 0.737. The summed E-state index contributed by atoms with van der Waals surface area (Å²) in [5.74, 6) is 0.974. The van der Waals surface area contributed by atoms with Crippen LogP contribution in [-0.2, 0) is 20.0 Å². The summed E-state index contributed by atoms with van der Waals surface area (Å²) in [5, 5.41) is 13.1. The van der Waals surface area contributed by atoms with Gasteiger partial charge in [-0.15, -0.1) is 10.2 Å². The number of aromatic nitrogens is 4. The molecule has 0 aliphatic rings. The van der Waals surface area contributed by atoms with Gasteiger partial charge in [-0.1, -0.05) is 17.7 Å². The summed E-state index contributed by atoms with van der Waals surface area (Å²) >= 11 is 6.20. The van der Waals surface area contributed by atoms with Crippen LogP contribution >= 0.6 is 11.6 Å². The van der Waals surface area contributed by atoms with Crippen molar-refractivity contribution in [3.05, 3.63) is 53.2 Å². The van der Waals surface area contributed by atoms with Crippen LogP contribution in [0.2, 0.25) is 5.02 Å². The van der Waals surface area contributed by atoms with Gasteiger partial charge >= 0.3 is 0 Å². The van der Waals surface area contributed by atoms with Crippen LogP contribution in [-0.4, -0.2) is 26.3 Å². The Morgan fingerprint density at radius 2 is 2.19 bits per heavy atom. The Bertz CT molecular complexity index is 753. The fourth-order valence-electron chi connectivity index (χ4n) is 2.30.